The summed E-state index contributed by atoms with van der Waals surface area (Å²) in [5.74, 6) is -1.36. The topological polar surface area (TPSA) is 46.5 Å². The van der Waals surface area contributed by atoms with Gasteiger partial charge in [-0.05, 0) is 30.2 Å². The molecule has 1 aromatic rings. The molecule has 1 aliphatic rings. The van der Waals surface area contributed by atoms with Crippen LogP contribution in [0.5, 0.6) is 0 Å². The zero-order chi connectivity index (χ0) is 15.3. The summed E-state index contributed by atoms with van der Waals surface area (Å²) < 4.78 is 5.61. The normalized spacial score (nSPS) is 22.6. The first-order valence-electron chi connectivity index (χ1n) is 6.98. The number of aliphatic carboxylic acids is 1. The van der Waals surface area contributed by atoms with Crippen LogP contribution < -0.4 is 0 Å². The van der Waals surface area contributed by atoms with Gasteiger partial charge < -0.3 is 9.84 Å². The van der Waals surface area contributed by atoms with Crippen LogP contribution in [-0.2, 0) is 9.53 Å². The lowest BCUT2D eigenvalue weighted by Crippen LogP contribution is -2.26. The molecule has 0 aromatic heterocycles. The quantitative estimate of drug-likeness (QED) is 0.894. The Balaban J connectivity index is 2.31. The summed E-state index contributed by atoms with van der Waals surface area (Å²) in [6.45, 7) is 1.70. The van der Waals surface area contributed by atoms with Gasteiger partial charge in [-0.25, -0.2) is 0 Å². The van der Waals surface area contributed by atoms with Gasteiger partial charge in [0.25, 0.3) is 0 Å². The van der Waals surface area contributed by atoms with Crippen LogP contribution in [-0.4, -0.2) is 23.8 Å². The summed E-state index contributed by atoms with van der Waals surface area (Å²) in [4.78, 5) is 11.2. The lowest BCUT2D eigenvalue weighted by molar-refractivity contribution is -0.138. The van der Waals surface area contributed by atoms with Crippen LogP contribution in [0.2, 0.25) is 0 Å². The van der Waals surface area contributed by atoms with Crippen LogP contribution in [0, 0.1) is 0 Å². The molecule has 0 spiro atoms. The van der Waals surface area contributed by atoms with Crippen molar-refractivity contribution >= 4 is 12.0 Å². The van der Waals surface area contributed by atoms with Gasteiger partial charge in [0.15, 0.2) is 0 Å². The molecule has 0 saturated carbocycles. The molecule has 1 aromatic carbocycles. The minimum atomic E-state index is -0.821. The van der Waals surface area contributed by atoms with E-state index in [1.165, 1.54) is 0 Å². The van der Waals surface area contributed by atoms with Crippen molar-refractivity contribution in [2.24, 2.45) is 0 Å². The Morgan fingerprint density at radius 2 is 2.14 bits per heavy atom. The van der Waals surface area contributed by atoms with E-state index >= 15 is 0 Å². The van der Waals surface area contributed by atoms with Gasteiger partial charge in [0.2, 0.25) is 0 Å². The highest BCUT2D eigenvalue weighted by atomic mass is 16.5. The van der Waals surface area contributed by atoms with E-state index in [9.17, 15) is 9.90 Å². The summed E-state index contributed by atoms with van der Waals surface area (Å²) in [5, 5.41) is 9.20. The number of rotatable bonds is 5. The number of carboxylic acid groups (broad SMARTS) is 1. The van der Waals surface area contributed by atoms with Gasteiger partial charge in [0.1, 0.15) is 5.60 Å². The summed E-state index contributed by atoms with van der Waals surface area (Å²) in [6, 6.07) is 7.56. The lowest BCUT2D eigenvalue weighted by atomic mass is 9.91. The highest BCUT2D eigenvalue weighted by molar-refractivity contribution is 5.77. The van der Waals surface area contributed by atoms with E-state index in [1.807, 2.05) is 54.6 Å². The van der Waals surface area contributed by atoms with Crippen LogP contribution in [0.1, 0.15) is 30.4 Å². The van der Waals surface area contributed by atoms with E-state index < -0.39 is 17.5 Å². The van der Waals surface area contributed by atoms with Gasteiger partial charge in [0.05, 0.1) is 5.92 Å². The number of methoxy groups -OCH3 is 1. The molecule has 2 rings (SSSR count). The van der Waals surface area contributed by atoms with Crippen molar-refractivity contribution in [3.63, 3.8) is 0 Å². The molecule has 0 heterocycles. The van der Waals surface area contributed by atoms with Crippen molar-refractivity contribution < 1.29 is 14.6 Å². The molecular formula is C18H20O3. The van der Waals surface area contributed by atoms with Crippen LogP contribution in [0.4, 0.5) is 0 Å². The summed E-state index contributed by atoms with van der Waals surface area (Å²) in [7, 11) is 1.68. The van der Waals surface area contributed by atoms with Gasteiger partial charge in [0, 0.05) is 13.5 Å². The molecule has 21 heavy (non-hydrogen) atoms. The Bertz CT molecular complexity index is 598. The first-order valence-corrected chi connectivity index (χ1v) is 6.98. The van der Waals surface area contributed by atoms with Gasteiger partial charge >= 0.3 is 5.97 Å². The second-order valence-corrected chi connectivity index (χ2v) is 5.17. The largest absolute Gasteiger partial charge is 0.481 e. The van der Waals surface area contributed by atoms with E-state index in [0.717, 1.165) is 17.5 Å². The van der Waals surface area contributed by atoms with E-state index in [2.05, 4.69) is 6.08 Å². The fourth-order valence-corrected chi connectivity index (χ4v) is 2.38. The molecule has 0 fully saturated rings. The van der Waals surface area contributed by atoms with Crippen LogP contribution in [0.25, 0.3) is 6.08 Å². The van der Waals surface area contributed by atoms with E-state index in [0.29, 0.717) is 0 Å². The molecule has 0 saturated heterocycles. The fourth-order valence-electron chi connectivity index (χ4n) is 2.38. The molecule has 2 atom stereocenters. The van der Waals surface area contributed by atoms with Gasteiger partial charge in [-0.2, -0.15) is 0 Å². The molecule has 2 unspecified atom stereocenters. The van der Waals surface area contributed by atoms with Gasteiger partial charge in [-0.1, -0.05) is 48.6 Å². The Hall–Kier alpha value is -2.13. The number of hydrogen-bond donors (Lipinski definition) is 1. The number of carboxylic acids is 1. The third-order valence-electron chi connectivity index (χ3n) is 3.82. The molecule has 0 amide bonds. The minimum Gasteiger partial charge on any atom is -0.481 e. The average molecular weight is 284 g/mol. The predicted octanol–water partition coefficient (Wildman–Crippen LogP) is 3.79. The molecule has 1 aliphatic carbocycles. The number of benzene rings is 1. The monoisotopic (exact) mass is 284 g/mol. The number of carbonyl (C=O) groups is 1. The van der Waals surface area contributed by atoms with Gasteiger partial charge in [-0.15, -0.1) is 0 Å². The SMILES string of the molecule is COC1(C=Cc2ccccc2C(C)C(=O)O)C=CC=CC1. The van der Waals surface area contributed by atoms with E-state index in [-0.39, 0.29) is 0 Å². The molecule has 0 bridgehead atoms. The molecular weight excluding hydrogens is 264 g/mol. The predicted molar refractivity (Wildman–Crippen MR) is 84.2 cm³/mol. The number of hydrogen-bond acceptors (Lipinski definition) is 2. The molecule has 1 N–H and O–H groups in total. The number of allylic oxidation sites excluding steroid dienone is 2. The maximum atomic E-state index is 11.2. The average Bonchev–Trinajstić information content (AvgIpc) is 2.53. The first-order chi connectivity index (χ1) is 10.1. The minimum absolute atomic E-state index is 0.450. The van der Waals surface area contributed by atoms with Crippen LogP contribution >= 0.6 is 0 Å². The zero-order valence-corrected chi connectivity index (χ0v) is 12.3. The highest BCUT2D eigenvalue weighted by Gasteiger charge is 2.23. The summed E-state index contributed by atoms with van der Waals surface area (Å²) in [5.41, 5.74) is 1.27. The third-order valence-corrected chi connectivity index (χ3v) is 3.82. The first kappa shape index (κ1) is 15.3. The van der Waals surface area contributed by atoms with Crippen molar-refractivity contribution in [3.8, 4) is 0 Å². The third kappa shape index (κ3) is 3.50. The van der Waals surface area contributed by atoms with Crippen molar-refractivity contribution in [1.29, 1.82) is 0 Å². The second kappa shape index (κ2) is 6.55. The maximum Gasteiger partial charge on any atom is 0.310 e. The van der Waals surface area contributed by atoms with Gasteiger partial charge in [-0.3, -0.25) is 4.79 Å². The Labute approximate surface area is 125 Å². The van der Waals surface area contributed by atoms with Crippen molar-refractivity contribution in [3.05, 3.63) is 65.8 Å². The standard InChI is InChI=1S/C18H20O3/c1-14(17(19)20)16-9-5-4-8-15(16)10-13-18(21-2)11-6-3-7-12-18/h3-11,13-14H,12H2,1-2H3,(H,19,20). The highest BCUT2D eigenvalue weighted by Crippen LogP contribution is 2.27. The van der Waals surface area contributed by atoms with Crippen LogP contribution in [0.15, 0.2) is 54.6 Å². The smallest absolute Gasteiger partial charge is 0.310 e. The molecule has 3 nitrogen and oxygen atoms in total. The summed E-state index contributed by atoms with van der Waals surface area (Å²) >= 11 is 0. The molecule has 0 aliphatic heterocycles. The number of ether oxygens (including phenoxy) is 1. The van der Waals surface area contributed by atoms with Crippen molar-refractivity contribution in [1.82, 2.24) is 0 Å². The van der Waals surface area contributed by atoms with Crippen molar-refractivity contribution in [2.75, 3.05) is 7.11 Å². The second-order valence-electron chi connectivity index (χ2n) is 5.17. The molecule has 110 valence electrons. The Morgan fingerprint density at radius 3 is 2.76 bits per heavy atom. The maximum absolute atomic E-state index is 11.2. The molecule has 0 radical (unpaired) electrons. The van der Waals surface area contributed by atoms with Crippen molar-refractivity contribution in [2.45, 2.75) is 24.9 Å². The lowest BCUT2D eigenvalue weighted by Gasteiger charge is -2.26. The Kier molecular flexibility index (Phi) is 4.76. The fraction of sp³-hybridized carbons (Fsp3) is 0.278. The summed E-state index contributed by atoms with van der Waals surface area (Å²) in [6.07, 6.45) is 12.7. The van der Waals surface area contributed by atoms with Crippen LogP contribution in [0.3, 0.4) is 0 Å². The molecule has 3 heteroatoms. The van der Waals surface area contributed by atoms with E-state index in [1.54, 1.807) is 14.0 Å². The van der Waals surface area contributed by atoms with E-state index in [4.69, 9.17) is 4.74 Å². The Morgan fingerprint density at radius 1 is 1.38 bits per heavy atom. The zero-order valence-electron chi connectivity index (χ0n) is 12.3.